The number of nitrogens with one attached hydrogen (secondary N) is 6. The molecule has 0 aliphatic carbocycles. The van der Waals surface area contributed by atoms with Crippen LogP contribution in [0.5, 0.6) is 0 Å². The van der Waals surface area contributed by atoms with Crippen molar-refractivity contribution < 1.29 is 28.9 Å². The van der Waals surface area contributed by atoms with E-state index in [0.717, 1.165) is 159 Å². The zero-order chi connectivity index (χ0) is 83.8. The van der Waals surface area contributed by atoms with Gasteiger partial charge in [-0.2, -0.15) is 15.0 Å². The summed E-state index contributed by atoms with van der Waals surface area (Å²) in [6.07, 6.45) is 14.5. The monoisotopic (exact) mass is 1610 g/mol. The van der Waals surface area contributed by atoms with Crippen molar-refractivity contribution in [1.82, 2.24) is 84.5 Å². The number of likely N-dealkylation sites (N-methyl/N-ethyl adjacent to an activating group) is 2. The molecule has 15 rings (SSSR count). The zero-order valence-electron chi connectivity index (χ0n) is 69.5. The van der Waals surface area contributed by atoms with Crippen molar-refractivity contribution in [2.24, 2.45) is 0 Å². The first kappa shape index (κ1) is 84.6. The highest BCUT2D eigenvalue weighted by Crippen LogP contribution is 2.27. The lowest BCUT2D eigenvalue weighted by Gasteiger charge is -2.32. The van der Waals surface area contributed by atoms with Gasteiger partial charge >= 0.3 is 0 Å². The summed E-state index contributed by atoms with van der Waals surface area (Å²) in [6, 6.07) is 42.6. The third kappa shape index (κ3) is 21.2. The number of pyridine rings is 3. The highest BCUT2D eigenvalue weighted by atomic mass is 16.7. The minimum Gasteiger partial charge on any atom is -0.324 e. The first-order valence-corrected chi connectivity index (χ1v) is 40.3. The van der Waals surface area contributed by atoms with Crippen molar-refractivity contribution in [3.05, 3.63) is 262 Å². The normalized spacial score (nSPS) is 14.1. The number of fused-ring (bicyclic) bond motifs is 3. The van der Waals surface area contributed by atoms with Gasteiger partial charge < -0.3 is 54.2 Å². The number of carbonyl (C=O) groups is 3. The van der Waals surface area contributed by atoms with Crippen molar-refractivity contribution in [3.63, 3.8) is 0 Å². The standard InChI is InChI=1S/C31H37N7O3.C30H35N7O3.C29H32N6O3/c1-5-41-35-30(40)27-20-38(25-11-6-21(2)22(3)18-25)29-26(28(27)39)19-32-31(34-29)33-24-9-7-23(8-10-24)12-13-37-16-14-36(4)15-17-37;1-20-5-10-24(17-21(20)2)37-19-26(29(39)34-40-4)27(38)25-18-31-30(33-28(25)37)32-23-8-6-22(7-9-23)11-12-36-15-13-35(3)14-16-36;1-19-6-11-23(16-20(19)2)35-18-25(28(37)33-38-3)26(36)24-17-30-29(32-27(24)35)31-22-9-7-21(8-10-22)12-15-34-13-4-5-14-34/h6-11,18-20H,5,12-17H2,1-4H3,(H,35,40)(H,32,33,34);5-10,17-19H,11-16H2,1-4H3,(H,34,39)(H,31,32,33);6-11,16-18H,4-5,12-15H2,1-3H3,(H,33,37)(H,30,31,32). The van der Waals surface area contributed by atoms with E-state index in [9.17, 15) is 28.8 Å². The van der Waals surface area contributed by atoms with Gasteiger partial charge in [-0.3, -0.25) is 43.3 Å². The van der Waals surface area contributed by atoms with Gasteiger partial charge in [-0.25, -0.2) is 31.4 Å². The van der Waals surface area contributed by atoms with Crippen molar-refractivity contribution in [1.29, 1.82) is 0 Å². The molecule has 0 radical (unpaired) electrons. The van der Waals surface area contributed by atoms with Crippen LogP contribution in [-0.4, -0.2) is 206 Å². The van der Waals surface area contributed by atoms with E-state index in [2.05, 4.69) is 127 Å². The summed E-state index contributed by atoms with van der Waals surface area (Å²) in [7, 11) is 6.98. The second kappa shape index (κ2) is 39.3. The van der Waals surface area contributed by atoms with Crippen LogP contribution in [0.25, 0.3) is 50.2 Å². The highest BCUT2D eigenvalue weighted by Gasteiger charge is 2.24. The van der Waals surface area contributed by atoms with Crippen LogP contribution in [-0.2, 0) is 33.8 Å². The second-order valence-corrected chi connectivity index (χ2v) is 30.5. The fourth-order valence-corrected chi connectivity index (χ4v) is 14.4. The number of piperazine rings is 2. The third-order valence-electron chi connectivity index (χ3n) is 22.1. The maximum Gasteiger partial charge on any atom is 0.280 e. The van der Waals surface area contributed by atoms with Crippen molar-refractivity contribution in [2.75, 3.05) is 136 Å². The average molecular weight is 1610 g/mol. The maximum atomic E-state index is 13.3. The van der Waals surface area contributed by atoms with Crippen molar-refractivity contribution in [3.8, 4) is 17.1 Å². The average Bonchev–Trinajstić information content (AvgIpc) is 0.986. The van der Waals surface area contributed by atoms with Crippen LogP contribution in [0.3, 0.4) is 0 Å². The van der Waals surface area contributed by atoms with Gasteiger partial charge in [-0.1, -0.05) is 54.6 Å². The summed E-state index contributed by atoms with van der Waals surface area (Å²) in [5.41, 5.74) is 21.7. The van der Waals surface area contributed by atoms with Crippen LogP contribution >= 0.6 is 0 Å². The van der Waals surface area contributed by atoms with Crippen LogP contribution in [0.1, 0.15) is 101 Å². The molecule has 618 valence electrons. The number of hydroxylamine groups is 3. The van der Waals surface area contributed by atoms with Crippen molar-refractivity contribution in [2.45, 2.75) is 80.6 Å². The first-order valence-electron chi connectivity index (χ1n) is 40.3. The summed E-state index contributed by atoms with van der Waals surface area (Å²) in [5.74, 6) is -0.833. The molecule has 6 aromatic carbocycles. The number of likely N-dealkylation sites (tertiary alicyclic amines) is 1. The van der Waals surface area contributed by atoms with E-state index >= 15 is 0 Å². The van der Waals surface area contributed by atoms with Crippen LogP contribution in [0.2, 0.25) is 0 Å². The Morgan fingerprint density at radius 2 is 0.672 bits per heavy atom. The molecule has 6 N–H and O–H groups in total. The van der Waals surface area contributed by atoms with Gasteiger partial charge in [0, 0.05) is 143 Å². The molecule has 0 saturated carbocycles. The molecule has 0 spiro atoms. The fourth-order valence-electron chi connectivity index (χ4n) is 14.4. The number of amides is 3. The lowest BCUT2D eigenvalue weighted by molar-refractivity contribution is 0.0363. The van der Waals surface area contributed by atoms with E-state index in [1.807, 2.05) is 133 Å². The summed E-state index contributed by atoms with van der Waals surface area (Å²) in [4.78, 5) is 132. The van der Waals surface area contributed by atoms with Gasteiger partial charge in [0.15, 0.2) is 16.9 Å². The molecule has 3 saturated heterocycles. The Labute approximate surface area is 691 Å². The Morgan fingerprint density at radius 3 is 0.958 bits per heavy atom. The maximum absolute atomic E-state index is 13.3. The number of benzene rings is 6. The van der Waals surface area contributed by atoms with Gasteiger partial charge in [0.05, 0.1) is 37.0 Å². The summed E-state index contributed by atoms with van der Waals surface area (Å²) in [6.45, 7) is 28.7. The van der Waals surface area contributed by atoms with Crippen molar-refractivity contribution >= 4 is 85.7 Å². The number of hydrogen-bond acceptors (Lipinski definition) is 23. The molecule has 0 atom stereocenters. The van der Waals surface area contributed by atoms with Crippen LogP contribution < -0.4 is 48.7 Å². The Bertz CT molecular complexity index is 5820. The Morgan fingerprint density at radius 1 is 0.378 bits per heavy atom. The Hall–Kier alpha value is -12.3. The van der Waals surface area contributed by atoms with E-state index in [0.29, 0.717) is 34.8 Å². The van der Waals surface area contributed by atoms with E-state index < -0.39 is 34.0 Å². The minimum atomic E-state index is -0.637. The largest absolute Gasteiger partial charge is 0.324 e. The molecule has 12 aromatic rings. The van der Waals surface area contributed by atoms with E-state index in [-0.39, 0.29) is 39.5 Å². The zero-order valence-corrected chi connectivity index (χ0v) is 69.5. The van der Waals surface area contributed by atoms with Crippen LogP contribution in [0.15, 0.2) is 179 Å². The molecule has 29 nitrogen and oxygen atoms in total. The molecule has 6 aromatic heterocycles. The summed E-state index contributed by atoms with van der Waals surface area (Å²) in [5, 5.41) is 10.5. The number of aromatic nitrogens is 9. The van der Waals surface area contributed by atoms with Gasteiger partial charge in [0.25, 0.3) is 17.7 Å². The SMILES string of the molecule is CCONC(=O)c1cn(-c2ccc(C)c(C)c2)c2nc(Nc3ccc(CCN4CCN(C)CC4)cc3)ncc2c1=O.CONC(=O)c1cn(-c2ccc(C)c(C)c2)c2nc(Nc3ccc(CCN4CCCC4)cc3)ncc2c1=O.CONC(=O)c1cn(-c2ccc(C)c(C)c2)c2nc(Nc3ccc(CCN4CCN(C)CC4)cc3)ncc2c1=O. The summed E-state index contributed by atoms with van der Waals surface area (Å²) < 4.78 is 5.22. The highest BCUT2D eigenvalue weighted by molar-refractivity contribution is 5.98. The number of carbonyl (C=O) groups excluding carboxylic acids is 3. The number of rotatable bonds is 25. The smallest absolute Gasteiger partial charge is 0.280 e. The van der Waals surface area contributed by atoms with Gasteiger partial charge in [0.1, 0.15) is 16.7 Å². The quantitative estimate of drug-likeness (QED) is 0.0290. The number of hydrogen-bond donors (Lipinski definition) is 6. The third-order valence-corrected chi connectivity index (χ3v) is 22.1. The molecular weight excluding hydrogens is 1510 g/mol. The molecule has 3 aliphatic rings. The first-order chi connectivity index (χ1) is 57.6. The predicted molar refractivity (Wildman–Crippen MR) is 466 cm³/mol. The number of nitrogens with zero attached hydrogens (tertiary/aromatic N) is 14. The lowest BCUT2D eigenvalue weighted by Crippen LogP contribution is -2.45. The second-order valence-electron chi connectivity index (χ2n) is 30.5. The van der Waals surface area contributed by atoms with E-state index in [4.69, 9.17) is 24.5 Å². The van der Waals surface area contributed by atoms with E-state index in [1.165, 1.54) is 94.0 Å². The molecule has 3 amide bonds. The molecule has 0 bridgehead atoms. The minimum absolute atomic E-state index is 0.0550. The van der Waals surface area contributed by atoms with Crippen LogP contribution in [0, 0.1) is 41.5 Å². The molecular formula is C90H104N20O9. The Balaban J connectivity index is 0.000000155. The van der Waals surface area contributed by atoms with Crippen LogP contribution in [0.4, 0.5) is 34.9 Å². The van der Waals surface area contributed by atoms with E-state index in [1.54, 1.807) is 20.6 Å². The number of aryl methyl sites for hydroxylation is 6. The molecule has 3 aliphatic heterocycles. The molecule has 119 heavy (non-hydrogen) atoms. The number of anilines is 6. The van der Waals surface area contributed by atoms with Gasteiger partial charge in [-0.05, 0) is 231 Å². The molecule has 0 unspecified atom stereocenters. The topological polar surface area (TPSA) is 311 Å². The molecule has 9 heterocycles. The fraction of sp³-hybridized carbons (Fsp3) is 0.333. The van der Waals surface area contributed by atoms with Gasteiger partial charge in [-0.15, -0.1) is 0 Å². The molecule has 29 heteroatoms. The molecule has 3 fully saturated rings. The Kier molecular flexibility index (Phi) is 27.9. The van der Waals surface area contributed by atoms with Gasteiger partial charge in [0.2, 0.25) is 34.1 Å². The predicted octanol–water partition coefficient (Wildman–Crippen LogP) is 10.9. The lowest BCUT2D eigenvalue weighted by atomic mass is 10.1. The summed E-state index contributed by atoms with van der Waals surface area (Å²) >= 11 is 0.